The first-order valence-corrected chi connectivity index (χ1v) is 10.8. The molecule has 3 nitrogen and oxygen atoms in total. The molecule has 0 atom stereocenters. The first-order chi connectivity index (χ1) is 13.0. The van der Waals surface area contributed by atoms with Crippen LogP contribution in [0.1, 0.15) is 52.5 Å². The van der Waals surface area contributed by atoms with Gasteiger partial charge < -0.3 is 13.8 Å². The Kier molecular flexibility index (Phi) is 27.0. The summed E-state index contributed by atoms with van der Waals surface area (Å²) in [5, 5.41) is 13.2. The molecule has 1 aromatic carbocycles. The Labute approximate surface area is 225 Å². The van der Waals surface area contributed by atoms with Gasteiger partial charge in [0, 0.05) is 0 Å². The Hall–Kier alpha value is -0.0953. The van der Waals surface area contributed by atoms with Crippen LogP contribution in [-0.2, 0) is 24.1 Å². The molecule has 0 fully saturated rings. The standard InChI is InChI=1S/C15H11NO2.2C3H7.C2H6.K.W/c1-11(9-15(17)18)14-10-13(7-8-16-14)12-5-3-2-4-6-12;2*1-3-2;1-2;;/h1,3-8,10H,9H2,(H,17,18);2*1,3H2,2H3;1-2H3;;/q-2;2*-1;;+1;/b14-11+;;;;;. The van der Waals surface area contributed by atoms with Crippen LogP contribution < -0.4 is 51.4 Å². The van der Waals surface area contributed by atoms with E-state index in [0.717, 1.165) is 35.2 Å². The molecule has 1 heterocycles. The van der Waals surface area contributed by atoms with Crippen molar-refractivity contribution in [2.24, 2.45) is 0 Å². The van der Waals surface area contributed by atoms with E-state index in [-0.39, 0.29) is 57.8 Å². The number of allylic oxidation sites excluding steroid dienone is 3. The van der Waals surface area contributed by atoms with Crippen LogP contribution >= 0.6 is 0 Å². The molecule has 0 aliphatic carbocycles. The fourth-order valence-electron chi connectivity index (χ4n) is 1.72. The second-order valence-electron chi connectivity index (χ2n) is 4.93. The van der Waals surface area contributed by atoms with Crippen LogP contribution in [0.15, 0.2) is 53.9 Å². The first kappa shape index (κ1) is 32.6. The maximum absolute atomic E-state index is 10.8. The largest absolute Gasteiger partial charge is 1.00 e. The Bertz CT molecular complexity index is 621. The van der Waals surface area contributed by atoms with Gasteiger partial charge in [0.15, 0.2) is 0 Å². The Morgan fingerprint density at radius 1 is 1.21 bits per heavy atom. The quantitative estimate of drug-likeness (QED) is 0.442. The van der Waals surface area contributed by atoms with E-state index in [0.29, 0.717) is 0 Å². The average molecular weight is 576 g/mol. The fourth-order valence-corrected chi connectivity index (χ4v) is 2.45. The molecule has 1 aliphatic rings. The number of carboxylic acid groups (broad SMARTS) is 1. The predicted molar refractivity (Wildman–Crippen MR) is 114 cm³/mol. The van der Waals surface area contributed by atoms with Gasteiger partial charge in [-0.1, -0.05) is 27.7 Å². The summed E-state index contributed by atoms with van der Waals surface area (Å²) in [6.07, 6.45) is 7.55. The molecule has 0 aromatic heterocycles. The molecule has 0 radical (unpaired) electrons. The topological polar surface area (TPSA) is 51.4 Å². The van der Waals surface area contributed by atoms with Crippen LogP contribution in [0.25, 0.3) is 10.9 Å². The maximum Gasteiger partial charge on any atom is 1.00 e. The molecule has 0 saturated heterocycles. The minimum Gasteiger partial charge on any atom is -0.344 e. The Morgan fingerprint density at radius 2 is 1.71 bits per heavy atom. The van der Waals surface area contributed by atoms with Gasteiger partial charge in [0.2, 0.25) is 0 Å². The molecule has 1 aliphatic heterocycles. The van der Waals surface area contributed by atoms with Crippen LogP contribution in [0.4, 0.5) is 0 Å². The zero-order valence-corrected chi connectivity index (χ0v) is 23.9. The second-order valence-corrected chi connectivity index (χ2v) is 5.78. The van der Waals surface area contributed by atoms with Crippen LogP contribution in [0.3, 0.4) is 0 Å². The van der Waals surface area contributed by atoms with E-state index in [4.69, 9.17) is 5.11 Å². The second kappa shape index (κ2) is 23.2. The van der Waals surface area contributed by atoms with Gasteiger partial charge in [-0.3, -0.25) is 0 Å². The zero-order valence-electron chi connectivity index (χ0n) is 17.9. The van der Waals surface area contributed by atoms with Gasteiger partial charge in [-0.25, -0.2) is 0 Å². The summed E-state index contributed by atoms with van der Waals surface area (Å²) < 4.78 is 1.87. The summed E-state index contributed by atoms with van der Waals surface area (Å²) in [5.74, 6) is -0.839. The van der Waals surface area contributed by atoms with Gasteiger partial charge in [0.05, 0.1) is 0 Å². The molecule has 0 amide bonds. The van der Waals surface area contributed by atoms with Crippen molar-refractivity contribution < 1.29 is 80.6 Å². The summed E-state index contributed by atoms with van der Waals surface area (Å²) in [6.45, 7) is 15.0. The molecule has 5 heteroatoms. The third-order valence-corrected chi connectivity index (χ3v) is 3.65. The summed E-state index contributed by atoms with van der Waals surface area (Å²) in [4.78, 5) is 10.8. The van der Waals surface area contributed by atoms with E-state index in [2.05, 4.69) is 25.2 Å². The number of hydrogen-bond acceptors (Lipinski definition) is 1. The van der Waals surface area contributed by atoms with Crippen molar-refractivity contribution in [1.29, 1.82) is 0 Å². The molecule has 2 rings (SSSR count). The number of nitrogens with zero attached hydrogens (tertiary/aromatic N) is 1. The molecule has 1 N–H and O–H groups in total. The average Bonchev–Trinajstić information content (AvgIpc) is 2.69. The minimum atomic E-state index is -0.839. The van der Waals surface area contributed by atoms with Crippen molar-refractivity contribution in [3.63, 3.8) is 0 Å². The van der Waals surface area contributed by atoms with Crippen molar-refractivity contribution >= 4 is 15.9 Å². The van der Waals surface area contributed by atoms with Crippen molar-refractivity contribution in [1.82, 2.24) is 0 Å². The molecular weight excluding hydrogens is 545 g/mol. The minimum absolute atomic E-state index is 0. The van der Waals surface area contributed by atoms with Crippen molar-refractivity contribution in [3.05, 3.63) is 84.7 Å². The van der Waals surface area contributed by atoms with Gasteiger partial charge in [-0.05, 0) is 0 Å². The van der Waals surface area contributed by atoms with Crippen LogP contribution in [0.2, 0.25) is 0 Å². The van der Waals surface area contributed by atoms with Gasteiger partial charge in [-0.15, -0.1) is 0 Å². The third kappa shape index (κ3) is 15.8. The number of benzene rings is 1. The Morgan fingerprint density at radius 3 is 2.14 bits per heavy atom. The Balaban J connectivity index is -0.000000605. The van der Waals surface area contributed by atoms with Crippen molar-refractivity contribution in [2.75, 3.05) is 0 Å². The number of carboxylic acids is 1. The molecule has 1 aromatic rings. The fraction of sp³-hybridized carbons (Fsp3) is 0.304. The van der Waals surface area contributed by atoms with Crippen molar-refractivity contribution in [3.8, 4) is 0 Å². The molecule has 0 saturated carbocycles. The number of aliphatic carboxylic acids is 1. The first-order valence-electron chi connectivity index (χ1n) is 9.08. The number of carbonyl (C=O) groups is 1. The summed E-state index contributed by atoms with van der Waals surface area (Å²) in [5.41, 5.74) is 3.58. The summed E-state index contributed by atoms with van der Waals surface area (Å²) >= 11 is 1.22. The summed E-state index contributed by atoms with van der Waals surface area (Å²) in [6, 6.07) is 10.6. The maximum atomic E-state index is 10.8. The molecule has 0 unspecified atom stereocenters. The van der Waals surface area contributed by atoms with Gasteiger partial charge in [0.25, 0.3) is 0 Å². The molecule has 0 bridgehead atoms. The van der Waals surface area contributed by atoms with E-state index in [1.165, 1.54) is 19.4 Å². The number of hydrogen-bond donors (Lipinski definition) is 1. The molecule has 0 spiro atoms. The van der Waals surface area contributed by atoms with Gasteiger partial charge in [-0.2, -0.15) is 12.8 Å². The summed E-state index contributed by atoms with van der Waals surface area (Å²) in [7, 11) is 0. The molecule has 150 valence electrons. The van der Waals surface area contributed by atoms with E-state index in [9.17, 15) is 4.79 Å². The normalized spacial score (nSPS) is 12.6. The van der Waals surface area contributed by atoms with Crippen molar-refractivity contribution in [2.45, 2.75) is 47.0 Å². The molecule has 28 heavy (non-hydrogen) atoms. The molecular formula is C23H31KNO2W-3. The predicted octanol–water partition coefficient (Wildman–Crippen LogP) is 3.34. The van der Waals surface area contributed by atoms with E-state index >= 15 is 0 Å². The van der Waals surface area contributed by atoms with Crippen LogP contribution in [-0.4, -0.2) is 15.5 Å². The monoisotopic (exact) mass is 576 g/mol. The van der Waals surface area contributed by atoms with Crippen LogP contribution in [0.5, 0.6) is 0 Å². The van der Waals surface area contributed by atoms with E-state index < -0.39 is 5.97 Å². The van der Waals surface area contributed by atoms with E-state index in [1.54, 1.807) is 6.20 Å². The SMILES string of the molecule is CC.O=C(O)C/C([CH]=[W])=C1\C=C(c2cc[c-]cc2)C=C[N-]1.[CH2-]CC.[CH2-]CC.[K+]. The van der Waals surface area contributed by atoms with Crippen LogP contribution in [0, 0.1) is 19.9 Å². The van der Waals surface area contributed by atoms with Gasteiger partial charge >= 0.3 is 174 Å². The number of rotatable bonds is 4. The van der Waals surface area contributed by atoms with E-state index in [1.807, 2.05) is 68.5 Å². The third-order valence-electron chi connectivity index (χ3n) is 2.62. The van der Waals surface area contributed by atoms with Gasteiger partial charge in [0.1, 0.15) is 0 Å². The zero-order chi connectivity index (χ0) is 21.1. The smallest absolute Gasteiger partial charge is 0.344 e.